The molecule has 2 heterocycles. The predicted molar refractivity (Wildman–Crippen MR) is 144 cm³/mol. The highest BCUT2D eigenvalue weighted by Gasteiger charge is 2.35. The summed E-state index contributed by atoms with van der Waals surface area (Å²) in [6.45, 7) is 0.469. The molecule has 3 aromatic carbocycles. The van der Waals surface area contributed by atoms with Crippen LogP contribution >= 0.6 is 0 Å². The summed E-state index contributed by atoms with van der Waals surface area (Å²) in [7, 11) is -4.11. The van der Waals surface area contributed by atoms with Gasteiger partial charge in [-0.2, -0.15) is 4.31 Å². The Balaban J connectivity index is 1.31. The van der Waals surface area contributed by atoms with Crippen LogP contribution in [0.15, 0.2) is 94.3 Å². The van der Waals surface area contributed by atoms with Crippen molar-refractivity contribution in [3.05, 3.63) is 107 Å². The predicted octanol–water partition coefficient (Wildman–Crippen LogP) is 5.56. The van der Waals surface area contributed by atoms with Crippen molar-refractivity contribution in [2.45, 2.75) is 37.2 Å². The molecule has 0 bridgehead atoms. The van der Waals surface area contributed by atoms with Crippen molar-refractivity contribution >= 4 is 16.1 Å². The van der Waals surface area contributed by atoms with E-state index in [0.29, 0.717) is 24.3 Å². The van der Waals surface area contributed by atoms with Crippen LogP contribution in [0.1, 0.15) is 22.5 Å². The van der Waals surface area contributed by atoms with Crippen molar-refractivity contribution in [2.24, 2.45) is 0 Å². The number of halogens is 3. The quantitative estimate of drug-likeness (QED) is 0.247. The minimum absolute atomic E-state index is 0.0376. The summed E-state index contributed by atoms with van der Waals surface area (Å²) in [6.07, 6.45) is -4.83. The van der Waals surface area contributed by atoms with Gasteiger partial charge in [-0.25, -0.2) is 13.2 Å². The van der Waals surface area contributed by atoms with Gasteiger partial charge in [0, 0.05) is 32.6 Å². The van der Waals surface area contributed by atoms with Crippen LogP contribution in [0.5, 0.6) is 11.6 Å². The fourth-order valence-electron chi connectivity index (χ4n) is 4.50. The monoisotopic (exact) mass is 601 g/mol. The largest absolute Gasteiger partial charge is 0.573 e. The molecule has 1 aliphatic heterocycles. The van der Waals surface area contributed by atoms with Crippen molar-refractivity contribution < 1.29 is 40.4 Å². The van der Waals surface area contributed by atoms with Gasteiger partial charge in [0.05, 0.1) is 10.5 Å². The average molecular weight is 602 g/mol. The highest BCUT2D eigenvalue weighted by atomic mass is 32.2. The number of carbonyl (C=O) groups excluding carboxylic acids is 1. The SMILES string of the molecule is O=C(Oc1noc2c1CN(S(=O)(=O)c1ccc(OC(F)(F)F)cc1)CC2)N(CCc1ccccc1)Cc1ccccc1. The zero-order chi connectivity index (χ0) is 29.7. The van der Waals surface area contributed by atoms with Crippen molar-refractivity contribution in [1.82, 2.24) is 14.4 Å². The minimum Gasteiger partial charge on any atom is -0.406 e. The number of carbonyl (C=O) groups is 1. The molecule has 0 N–H and O–H groups in total. The Labute approximate surface area is 240 Å². The fraction of sp³-hybridized carbons (Fsp3) is 0.241. The molecule has 0 atom stereocenters. The van der Waals surface area contributed by atoms with Gasteiger partial charge in [0.15, 0.2) is 0 Å². The van der Waals surface area contributed by atoms with Crippen molar-refractivity contribution in [1.29, 1.82) is 0 Å². The zero-order valence-electron chi connectivity index (χ0n) is 22.2. The van der Waals surface area contributed by atoms with Gasteiger partial charge in [-0.3, -0.25) is 0 Å². The molecule has 0 saturated carbocycles. The second-order valence-electron chi connectivity index (χ2n) is 9.51. The van der Waals surface area contributed by atoms with Gasteiger partial charge in [-0.15, -0.1) is 13.2 Å². The number of nitrogens with zero attached hydrogens (tertiary/aromatic N) is 3. The van der Waals surface area contributed by atoms with E-state index in [1.165, 1.54) is 4.90 Å². The van der Waals surface area contributed by atoms with Gasteiger partial charge < -0.3 is 18.9 Å². The first kappa shape index (κ1) is 29.1. The molecule has 9 nitrogen and oxygen atoms in total. The third kappa shape index (κ3) is 7.09. The summed E-state index contributed by atoms with van der Waals surface area (Å²) in [5.41, 5.74) is 2.24. The number of hydrogen-bond acceptors (Lipinski definition) is 7. The van der Waals surface area contributed by atoms with Gasteiger partial charge in [0.1, 0.15) is 11.5 Å². The molecule has 5 rings (SSSR count). The van der Waals surface area contributed by atoms with Crippen molar-refractivity contribution in [3.8, 4) is 11.6 Å². The minimum atomic E-state index is -4.90. The van der Waals surface area contributed by atoms with E-state index in [9.17, 15) is 26.4 Å². The Bertz CT molecular complexity index is 1610. The lowest BCUT2D eigenvalue weighted by molar-refractivity contribution is -0.274. The molecule has 42 heavy (non-hydrogen) atoms. The number of hydrogen-bond donors (Lipinski definition) is 0. The van der Waals surface area contributed by atoms with Crippen LogP contribution in [0.2, 0.25) is 0 Å². The molecule has 1 amide bonds. The Kier molecular flexibility index (Phi) is 8.50. The average Bonchev–Trinajstić information content (AvgIpc) is 3.37. The van der Waals surface area contributed by atoms with Crippen LogP contribution in [-0.2, 0) is 36.0 Å². The number of aromatic nitrogens is 1. The topological polar surface area (TPSA) is 102 Å². The van der Waals surface area contributed by atoms with Gasteiger partial charge in [0.2, 0.25) is 10.0 Å². The molecule has 0 aliphatic carbocycles. The Morgan fingerprint density at radius 2 is 1.60 bits per heavy atom. The molecule has 0 fully saturated rings. The van der Waals surface area contributed by atoms with Gasteiger partial charge in [-0.1, -0.05) is 60.7 Å². The first-order valence-corrected chi connectivity index (χ1v) is 14.4. The molecule has 220 valence electrons. The second-order valence-corrected chi connectivity index (χ2v) is 11.4. The molecule has 13 heteroatoms. The maximum absolute atomic E-state index is 13.4. The molecule has 1 aromatic heterocycles. The van der Waals surface area contributed by atoms with E-state index in [2.05, 4.69) is 9.89 Å². The lowest BCUT2D eigenvalue weighted by atomic mass is 10.1. The first-order valence-electron chi connectivity index (χ1n) is 13.0. The smallest absolute Gasteiger partial charge is 0.406 e. The van der Waals surface area contributed by atoms with Gasteiger partial charge >= 0.3 is 12.5 Å². The van der Waals surface area contributed by atoms with Crippen LogP contribution in [0.4, 0.5) is 18.0 Å². The number of sulfonamides is 1. The van der Waals surface area contributed by atoms with E-state index in [0.717, 1.165) is 39.7 Å². The molecular weight excluding hydrogens is 575 g/mol. The molecular formula is C29H26F3N3O6S. The van der Waals surface area contributed by atoms with Crippen LogP contribution in [-0.4, -0.2) is 48.3 Å². The first-order chi connectivity index (χ1) is 20.1. The van der Waals surface area contributed by atoms with Crippen molar-refractivity contribution in [3.63, 3.8) is 0 Å². The van der Waals surface area contributed by atoms with E-state index in [1.807, 2.05) is 60.7 Å². The van der Waals surface area contributed by atoms with Gasteiger partial charge in [-0.05, 0) is 47.0 Å². The molecule has 0 unspecified atom stereocenters. The van der Waals surface area contributed by atoms with Gasteiger partial charge in [0.25, 0.3) is 5.88 Å². The highest BCUT2D eigenvalue weighted by molar-refractivity contribution is 7.89. The molecule has 4 aromatic rings. The van der Waals surface area contributed by atoms with E-state index >= 15 is 0 Å². The summed E-state index contributed by atoms with van der Waals surface area (Å²) < 4.78 is 79.9. The number of alkyl halides is 3. The summed E-state index contributed by atoms with van der Waals surface area (Å²) in [5.74, 6) is -0.290. The maximum Gasteiger partial charge on any atom is 0.573 e. The van der Waals surface area contributed by atoms with Crippen LogP contribution < -0.4 is 9.47 Å². The highest BCUT2D eigenvalue weighted by Crippen LogP contribution is 2.32. The standard InChI is InChI=1S/C29H26F3N3O6S/c30-29(31,32)40-23-11-13-24(14-12-23)42(37,38)35-18-16-26-25(20-35)27(33-41-26)39-28(36)34(19-22-9-5-2-6-10-22)17-15-21-7-3-1-4-8-21/h1-14H,15-20H2. The van der Waals surface area contributed by atoms with E-state index in [4.69, 9.17) is 9.26 Å². The Morgan fingerprint density at radius 1 is 0.952 bits per heavy atom. The summed E-state index contributed by atoms with van der Waals surface area (Å²) in [5, 5.41) is 3.89. The van der Waals surface area contributed by atoms with Crippen LogP contribution in [0, 0.1) is 0 Å². The molecule has 0 radical (unpaired) electrons. The van der Waals surface area contributed by atoms with E-state index < -0.39 is 28.2 Å². The number of benzene rings is 3. The van der Waals surface area contributed by atoms with E-state index in [1.54, 1.807) is 0 Å². The molecule has 0 saturated heterocycles. The number of ether oxygens (including phenoxy) is 2. The number of amides is 1. The Hall–Kier alpha value is -4.36. The molecule has 1 aliphatic rings. The Morgan fingerprint density at radius 3 is 2.24 bits per heavy atom. The maximum atomic E-state index is 13.4. The third-order valence-corrected chi connectivity index (χ3v) is 8.48. The summed E-state index contributed by atoms with van der Waals surface area (Å²) in [4.78, 5) is 14.7. The third-order valence-electron chi connectivity index (χ3n) is 6.62. The summed E-state index contributed by atoms with van der Waals surface area (Å²) in [6, 6.07) is 23.0. The normalized spacial score (nSPS) is 13.8. The van der Waals surface area contributed by atoms with E-state index in [-0.39, 0.29) is 36.8 Å². The molecule has 0 spiro atoms. The lowest BCUT2D eigenvalue weighted by Crippen LogP contribution is -2.37. The van der Waals surface area contributed by atoms with Crippen molar-refractivity contribution in [2.75, 3.05) is 13.1 Å². The summed E-state index contributed by atoms with van der Waals surface area (Å²) >= 11 is 0. The number of rotatable bonds is 9. The zero-order valence-corrected chi connectivity index (χ0v) is 23.0. The van der Waals surface area contributed by atoms with Crippen LogP contribution in [0.25, 0.3) is 0 Å². The van der Waals surface area contributed by atoms with Crippen LogP contribution in [0.3, 0.4) is 0 Å². The number of fused-ring (bicyclic) bond motifs is 1. The lowest BCUT2D eigenvalue weighted by Gasteiger charge is -2.26. The second kappa shape index (κ2) is 12.2. The fourth-order valence-corrected chi connectivity index (χ4v) is 5.91.